The van der Waals surface area contributed by atoms with Gasteiger partial charge in [0.1, 0.15) is 5.78 Å². The average Bonchev–Trinajstić information content (AvgIpc) is 2.55. The molecule has 0 spiro atoms. The van der Waals surface area contributed by atoms with E-state index in [9.17, 15) is 14.4 Å². The van der Waals surface area contributed by atoms with Gasteiger partial charge in [0.2, 0.25) is 0 Å². The number of rotatable bonds is 3. The second-order valence-corrected chi connectivity index (χ2v) is 3.53. The van der Waals surface area contributed by atoms with Crippen LogP contribution in [0.2, 0.25) is 0 Å². The molecule has 1 heterocycles. The van der Waals surface area contributed by atoms with E-state index in [0.717, 1.165) is 0 Å². The number of fused-ring (bicyclic) bond motifs is 1. The molecule has 0 fully saturated rings. The Hall–Kier alpha value is -2.17. The van der Waals surface area contributed by atoms with Crippen molar-refractivity contribution in [2.45, 2.75) is 13.3 Å². The van der Waals surface area contributed by atoms with E-state index in [2.05, 4.69) is 4.98 Å². The highest BCUT2D eigenvalue weighted by Crippen LogP contribution is 2.13. The van der Waals surface area contributed by atoms with E-state index in [1.807, 2.05) is 0 Å². The molecule has 16 heavy (non-hydrogen) atoms. The van der Waals surface area contributed by atoms with Crippen molar-refractivity contribution in [3.63, 3.8) is 0 Å². The summed E-state index contributed by atoms with van der Waals surface area (Å²) in [7, 11) is 0. The molecular formula is C11H9NO4. The maximum absolute atomic E-state index is 11.6. The Kier molecular flexibility index (Phi) is 2.44. The van der Waals surface area contributed by atoms with Crippen molar-refractivity contribution < 1.29 is 14.0 Å². The zero-order valence-corrected chi connectivity index (χ0v) is 8.57. The third-order valence-corrected chi connectivity index (χ3v) is 2.15. The molecule has 0 amide bonds. The molecule has 0 saturated carbocycles. The fraction of sp³-hybridized carbons (Fsp3) is 0.182. The monoisotopic (exact) mass is 219 g/mol. The van der Waals surface area contributed by atoms with Crippen molar-refractivity contribution in [1.82, 2.24) is 4.98 Å². The van der Waals surface area contributed by atoms with Gasteiger partial charge in [0.05, 0.1) is 11.9 Å². The van der Waals surface area contributed by atoms with Crippen LogP contribution in [0.5, 0.6) is 0 Å². The largest absolute Gasteiger partial charge is 0.417 e. The second-order valence-electron chi connectivity index (χ2n) is 3.53. The van der Waals surface area contributed by atoms with Crippen molar-refractivity contribution in [2.75, 3.05) is 0 Å². The number of carbonyl (C=O) groups is 2. The van der Waals surface area contributed by atoms with Crippen molar-refractivity contribution in [2.24, 2.45) is 0 Å². The summed E-state index contributed by atoms with van der Waals surface area (Å²) in [5.41, 5.74) is 1.24. The lowest BCUT2D eigenvalue weighted by atomic mass is 10.1. The van der Waals surface area contributed by atoms with Gasteiger partial charge in [-0.15, -0.1) is 0 Å². The van der Waals surface area contributed by atoms with Crippen LogP contribution in [0.1, 0.15) is 23.7 Å². The Balaban J connectivity index is 2.42. The van der Waals surface area contributed by atoms with Crippen LogP contribution in [0, 0.1) is 0 Å². The molecule has 0 radical (unpaired) electrons. The van der Waals surface area contributed by atoms with Gasteiger partial charge >= 0.3 is 5.76 Å². The first-order chi connectivity index (χ1) is 7.56. The molecule has 2 aromatic rings. The molecule has 0 aliphatic heterocycles. The van der Waals surface area contributed by atoms with Crippen LogP contribution in [0.15, 0.2) is 27.4 Å². The number of benzene rings is 1. The van der Waals surface area contributed by atoms with Crippen molar-refractivity contribution in [3.05, 3.63) is 34.3 Å². The van der Waals surface area contributed by atoms with Crippen molar-refractivity contribution in [1.29, 1.82) is 0 Å². The van der Waals surface area contributed by atoms with Crippen LogP contribution in [0.4, 0.5) is 0 Å². The number of hydrogen-bond donors (Lipinski definition) is 1. The summed E-state index contributed by atoms with van der Waals surface area (Å²) in [4.78, 5) is 35.7. The number of hydrogen-bond acceptors (Lipinski definition) is 4. The van der Waals surface area contributed by atoms with E-state index in [4.69, 9.17) is 4.42 Å². The summed E-state index contributed by atoms with van der Waals surface area (Å²) in [6.45, 7) is 1.36. The number of oxazole rings is 1. The number of Topliss-reactive ketones (excluding diaryl/α,β-unsaturated/α-hetero) is 2. The Morgan fingerprint density at radius 2 is 2.12 bits per heavy atom. The second kappa shape index (κ2) is 3.77. The molecular weight excluding hydrogens is 210 g/mol. The van der Waals surface area contributed by atoms with Crippen LogP contribution in [0.3, 0.4) is 0 Å². The fourth-order valence-electron chi connectivity index (χ4n) is 1.45. The zero-order valence-electron chi connectivity index (χ0n) is 8.57. The van der Waals surface area contributed by atoms with Crippen LogP contribution < -0.4 is 5.76 Å². The molecule has 2 rings (SSSR count). The number of ketones is 2. The smallest absolute Gasteiger partial charge is 0.408 e. The maximum Gasteiger partial charge on any atom is 0.417 e. The van der Waals surface area contributed by atoms with Crippen LogP contribution in [0.25, 0.3) is 11.1 Å². The molecule has 82 valence electrons. The van der Waals surface area contributed by atoms with Crippen molar-refractivity contribution in [3.8, 4) is 0 Å². The number of aromatic nitrogens is 1. The lowest BCUT2D eigenvalue weighted by Gasteiger charge is -1.97. The van der Waals surface area contributed by atoms with E-state index < -0.39 is 5.76 Å². The molecule has 1 aromatic heterocycles. The van der Waals surface area contributed by atoms with E-state index in [1.54, 1.807) is 0 Å². The molecule has 1 aromatic carbocycles. The maximum atomic E-state index is 11.6. The molecule has 0 atom stereocenters. The first-order valence-electron chi connectivity index (χ1n) is 4.72. The molecule has 5 heteroatoms. The van der Waals surface area contributed by atoms with Gasteiger partial charge in [-0.3, -0.25) is 14.6 Å². The third kappa shape index (κ3) is 1.93. The van der Waals surface area contributed by atoms with Gasteiger partial charge in [-0.25, -0.2) is 4.79 Å². The predicted octanol–water partition coefficient (Wildman–Crippen LogP) is 1.28. The lowest BCUT2D eigenvalue weighted by molar-refractivity contribution is -0.116. The summed E-state index contributed by atoms with van der Waals surface area (Å²) in [6.07, 6.45) is -0.131. The number of carbonyl (C=O) groups excluding carboxylic acids is 2. The van der Waals surface area contributed by atoms with Crippen LogP contribution in [-0.2, 0) is 4.79 Å². The Morgan fingerprint density at radius 1 is 1.38 bits per heavy atom. The zero-order chi connectivity index (χ0) is 11.7. The molecule has 1 N–H and O–H groups in total. The minimum absolute atomic E-state index is 0.131. The van der Waals surface area contributed by atoms with Gasteiger partial charge in [0.15, 0.2) is 11.4 Å². The highest BCUT2D eigenvalue weighted by atomic mass is 16.4. The van der Waals surface area contributed by atoms with Crippen molar-refractivity contribution >= 4 is 22.7 Å². The number of aromatic amines is 1. The molecule has 0 aliphatic rings. The summed E-state index contributed by atoms with van der Waals surface area (Å²) >= 11 is 0. The van der Waals surface area contributed by atoms with E-state index >= 15 is 0 Å². The van der Waals surface area contributed by atoms with Crippen LogP contribution in [-0.4, -0.2) is 16.6 Å². The Bertz CT molecular complexity index is 620. The van der Waals surface area contributed by atoms with E-state index in [1.165, 1.54) is 25.1 Å². The van der Waals surface area contributed by atoms with Gasteiger partial charge in [-0.2, -0.15) is 0 Å². The minimum atomic E-state index is -0.564. The highest BCUT2D eigenvalue weighted by molar-refractivity contribution is 6.08. The minimum Gasteiger partial charge on any atom is -0.408 e. The molecule has 0 aliphatic carbocycles. The van der Waals surface area contributed by atoms with Gasteiger partial charge in [-0.05, 0) is 25.1 Å². The lowest BCUT2D eigenvalue weighted by Crippen LogP contribution is -2.04. The summed E-state index contributed by atoms with van der Waals surface area (Å²) in [6, 6.07) is 4.57. The topological polar surface area (TPSA) is 80.1 Å². The van der Waals surface area contributed by atoms with Crippen LogP contribution >= 0.6 is 0 Å². The summed E-state index contributed by atoms with van der Waals surface area (Å²) in [5, 5.41) is 0. The quantitative estimate of drug-likeness (QED) is 0.622. The third-order valence-electron chi connectivity index (χ3n) is 2.15. The normalized spacial score (nSPS) is 10.6. The number of H-pyrrole nitrogens is 1. The van der Waals surface area contributed by atoms with E-state index in [-0.39, 0.29) is 18.0 Å². The standard InChI is InChI=1S/C11H9NO4/c1-6(13)4-9(14)7-2-3-10-8(5-7)12-11(15)16-10/h2-3,5H,4H2,1H3,(H,12,15). The highest BCUT2D eigenvalue weighted by Gasteiger charge is 2.10. The first kappa shape index (κ1) is 10.4. The Morgan fingerprint density at radius 3 is 2.81 bits per heavy atom. The van der Waals surface area contributed by atoms with Gasteiger partial charge in [0, 0.05) is 5.56 Å². The summed E-state index contributed by atoms with van der Waals surface area (Å²) in [5.74, 6) is -1.02. The molecule has 5 nitrogen and oxygen atoms in total. The summed E-state index contributed by atoms with van der Waals surface area (Å²) < 4.78 is 4.79. The van der Waals surface area contributed by atoms with E-state index in [0.29, 0.717) is 16.7 Å². The fourth-order valence-corrected chi connectivity index (χ4v) is 1.45. The molecule has 0 bridgehead atoms. The SMILES string of the molecule is CC(=O)CC(=O)c1ccc2oc(=O)[nH]c2c1. The molecule has 0 unspecified atom stereocenters. The number of nitrogens with one attached hydrogen (secondary N) is 1. The first-order valence-corrected chi connectivity index (χ1v) is 4.72. The van der Waals surface area contributed by atoms with Gasteiger partial charge in [-0.1, -0.05) is 0 Å². The predicted molar refractivity (Wildman–Crippen MR) is 56.5 cm³/mol. The molecule has 0 saturated heterocycles. The average molecular weight is 219 g/mol. The van der Waals surface area contributed by atoms with Gasteiger partial charge < -0.3 is 4.42 Å². The van der Waals surface area contributed by atoms with Gasteiger partial charge in [0.25, 0.3) is 0 Å². The Labute approximate surface area is 90.1 Å².